The first-order valence-electron chi connectivity index (χ1n) is 13.9. The van der Waals surface area contributed by atoms with Crippen molar-refractivity contribution in [3.8, 4) is 5.75 Å². The van der Waals surface area contributed by atoms with Crippen molar-refractivity contribution in [3.63, 3.8) is 0 Å². The Hall–Kier alpha value is -2.74. The lowest BCUT2D eigenvalue weighted by molar-refractivity contribution is 0.0815. The smallest absolute Gasteiger partial charge is 0.252 e. The first-order chi connectivity index (χ1) is 17.5. The molecule has 1 unspecified atom stereocenters. The first-order valence-corrected chi connectivity index (χ1v) is 13.9. The van der Waals surface area contributed by atoms with E-state index in [1.54, 1.807) is 0 Å². The molecule has 0 bridgehead atoms. The number of nitrogens with zero attached hydrogens (tertiary/aromatic N) is 5. The number of aromatic amines is 1. The molecule has 1 atom stereocenters. The molecule has 8 heteroatoms. The van der Waals surface area contributed by atoms with Gasteiger partial charge in [-0.3, -0.25) is 9.69 Å². The number of aromatic nitrogens is 5. The van der Waals surface area contributed by atoms with E-state index >= 15 is 0 Å². The molecule has 1 N–H and O–H groups in total. The third-order valence-electron chi connectivity index (χ3n) is 8.04. The number of fused-ring (bicyclic) bond motifs is 1. The van der Waals surface area contributed by atoms with Crippen molar-refractivity contribution in [1.82, 2.24) is 30.1 Å². The third kappa shape index (κ3) is 5.19. The van der Waals surface area contributed by atoms with Crippen LogP contribution in [0.3, 0.4) is 0 Å². The quantitative estimate of drug-likeness (QED) is 0.421. The van der Waals surface area contributed by atoms with E-state index in [9.17, 15) is 4.79 Å². The van der Waals surface area contributed by atoms with Crippen LogP contribution >= 0.6 is 0 Å². The molecular weight excluding hydrogens is 452 g/mol. The predicted molar refractivity (Wildman–Crippen MR) is 141 cm³/mol. The van der Waals surface area contributed by atoms with E-state index < -0.39 is 0 Å². The van der Waals surface area contributed by atoms with Crippen molar-refractivity contribution < 1.29 is 4.74 Å². The summed E-state index contributed by atoms with van der Waals surface area (Å²) < 4.78 is 7.82. The highest BCUT2D eigenvalue weighted by Gasteiger charge is 2.36. The molecule has 0 spiro atoms. The minimum Gasteiger partial charge on any atom is -0.494 e. The summed E-state index contributed by atoms with van der Waals surface area (Å²) in [5.74, 6) is 2.09. The summed E-state index contributed by atoms with van der Waals surface area (Å²) in [7, 11) is 0. The number of ether oxygens (including phenoxy) is 1. The average molecular weight is 493 g/mol. The highest BCUT2D eigenvalue weighted by molar-refractivity contribution is 5.80. The van der Waals surface area contributed by atoms with Crippen LogP contribution in [0.4, 0.5) is 0 Å². The van der Waals surface area contributed by atoms with Gasteiger partial charge in [-0.2, -0.15) is 0 Å². The highest BCUT2D eigenvalue weighted by Crippen LogP contribution is 2.38. The molecule has 2 fully saturated rings. The molecule has 2 aliphatic carbocycles. The van der Waals surface area contributed by atoms with Gasteiger partial charge in [0.05, 0.1) is 18.7 Å². The molecule has 3 aromatic rings. The Morgan fingerprint density at radius 3 is 2.56 bits per heavy atom. The molecule has 2 saturated carbocycles. The Morgan fingerprint density at radius 1 is 1.08 bits per heavy atom. The summed E-state index contributed by atoms with van der Waals surface area (Å²) in [6.07, 6.45) is 10.8. The molecule has 5 rings (SSSR count). The maximum atomic E-state index is 13.2. The van der Waals surface area contributed by atoms with Gasteiger partial charge in [0.2, 0.25) is 0 Å². The van der Waals surface area contributed by atoms with Gasteiger partial charge in [0.1, 0.15) is 5.75 Å². The average Bonchev–Trinajstić information content (AvgIpc) is 3.57. The maximum Gasteiger partial charge on any atom is 0.252 e. The summed E-state index contributed by atoms with van der Waals surface area (Å²) in [5, 5.41) is 14.3. The van der Waals surface area contributed by atoms with Gasteiger partial charge in [-0.1, -0.05) is 46.0 Å². The van der Waals surface area contributed by atoms with Crippen molar-refractivity contribution in [1.29, 1.82) is 0 Å². The lowest BCUT2D eigenvalue weighted by Crippen LogP contribution is -2.41. The number of pyridine rings is 1. The molecule has 1 aromatic carbocycles. The van der Waals surface area contributed by atoms with Crippen molar-refractivity contribution >= 4 is 10.9 Å². The second kappa shape index (κ2) is 11.1. The molecule has 194 valence electrons. The van der Waals surface area contributed by atoms with E-state index in [2.05, 4.69) is 43.9 Å². The largest absolute Gasteiger partial charge is 0.494 e. The summed E-state index contributed by atoms with van der Waals surface area (Å²) in [5.41, 5.74) is 1.59. The molecule has 2 aromatic heterocycles. The topological polar surface area (TPSA) is 88.9 Å². The van der Waals surface area contributed by atoms with Crippen LogP contribution in [0.15, 0.2) is 29.1 Å². The van der Waals surface area contributed by atoms with Crippen molar-refractivity contribution in [2.45, 2.75) is 103 Å². The van der Waals surface area contributed by atoms with Gasteiger partial charge in [0, 0.05) is 29.1 Å². The first kappa shape index (κ1) is 24.9. The Kier molecular flexibility index (Phi) is 7.70. The van der Waals surface area contributed by atoms with Crippen LogP contribution in [0, 0.1) is 5.92 Å². The summed E-state index contributed by atoms with van der Waals surface area (Å²) in [4.78, 5) is 18.9. The van der Waals surface area contributed by atoms with Crippen LogP contribution in [0.1, 0.15) is 102 Å². The summed E-state index contributed by atoms with van der Waals surface area (Å²) in [6, 6.07) is 8.73. The Balaban J connectivity index is 1.52. The number of hydrogen-bond donors (Lipinski definition) is 1. The molecule has 36 heavy (non-hydrogen) atoms. The minimum absolute atomic E-state index is 0.0240. The Morgan fingerprint density at radius 2 is 1.83 bits per heavy atom. The van der Waals surface area contributed by atoms with Crippen LogP contribution in [-0.2, 0) is 6.54 Å². The molecular formula is C28H40N6O2. The second-order valence-electron chi connectivity index (χ2n) is 10.9. The van der Waals surface area contributed by atoms with Crippen LogP contribution in [0.25, 0.3) is 10.9 Å². The second-order valence-corrected chi connectivity index (χ2v) is 10.9. The van der Waals surface area contributed by atoms with Crippen LogP contribution in [0.5, 0.6) is 5.75 Å². The number of hydrogen-bond acceptors (Lipinski definition) is 6. The van der Waals surface area contributed by atoms with Gasteiger partial charge >= 0.3 is 0 Å². The zero-order valence-corrected chi connectivity index (χ0v) is 21.9. The summed E-state index contributed by atoms with van der Waals surface area (Å²) in [6.45, 7) is 7.68. The predicted octanol–water partition coefficient (Wildman–Crippen LogP) is 5.56. The van der Waals surface area contributed by atoms with Crippen molar-refractivity contribution in [2.24, 2.45) is 5.92 Å². The number of rotatable bonds is 9. The van der Waals surface area contributed by atoms with Gasteiger partial charge < -0.3 is 9.72 Å². The fourth-order valence-corrected chi connectivity index (χ4v) is 6.30. The number of H-pyrrole nitrogens is 1. The normalized spacial score (nSPS) is 18.5. The molecule has 2 heterocycles. The van der Waals surface area contributed by atoms with E-state index in [0.717, 1.165) is 53.7 Å². The van der Waals surface area contributed by atoms with E-state index in [-0.39, 0.29) is 11.6 Å². The fourth-order valence-electron chi connectivity index (χ4n) is 6.30. The third-order valence-corrected chi connectivity index (χ3v) is 8.04. The van der Waals surface area contributed by atoms with Gasteiger partial charge in [-0.25, -0.2) is 4.68 Å². The lowest BCUT2D eigenvalue weighted by Gasteiger charge is -2.38. The van der Waals surface area contributed by atoms with Crippen LogP contribution < -0.4 is 10.3 Å². The Labute approximate surface area is 213 Å². The molecule has 0 saturated heterocycles. The molecule has 0 radical (unpaired) electrons. The van der Waals surface area contributed by atoms with E-state index in [4.69, 9.17) is 4.74 Å². The lowest BCUT2D eigenvalue weighted by atomic mass is 9.94. The SMILES string of the molecule is CCOc1ccc2[nH]c(=O)c(CN(C3CCCC3)C(c3nnnn3C3CCCCC3)C(C)C)cc2c1. The van der Waals surface area contributed by atoms with Crippen LogP contribution in [-0.4, -0.2) is 42.7 Å². The van der Waals surface area contributed by atoms with Gasteiger partial charge in [-0.05, 0) is 73.2 Å². The monoisotopic (exact) mass is 492 g/mol. The van der Waals surface area contributed by atoms with E-state index in [1.165, 1.54) is 32.1 Å². The summed E-state index contributed by atoms with van der Waals surface area (Å²) >= 11 is 0. The maximum absolute atomic E-state index is 13.2. The minimum atomic E-state index is -0.0240. The van der Waals surface area contributed by atoms with Gasteiger partial charge in [0.25, 0.3) is 5.56 Å². The zero-order chi connectivity index (χ0) is 25.1. The number of benzene rings is 1. The Bertz CT molecular complexity index is 1210. The van der Waals surface area contributed by atoms with E-state index in [0.29, 0.717) is 31.2 Å². The zero-order valence-electron chi connectivity index (χ0n) is 21.9. The molecule has 8 nitrogen and oxygen atoms in total. The number of tetrazole rings is 1. The van der Waals surface area contributed by atoms with Gasteiger partial charge in [0.15, 0.2) is 5.82 Å². The van der Waals surface area contributed by atoms with Crippen molar-refractivity contribution in [2.75, 3.05) is 6.61 Å². The highest BCUT2D eigenvalue weighted by atomic mass is 16.5. The molecule has 2 aliphatic rings. The fraction of sp³-hybridized carbons (Fsp3) is 0.643. The van der Waals surface area contributed by atoms with Gasteiger partial charge in [-0.15, -0.1) is 5.10 Å². The molecule has 0 aliphatic heterocycles. The molecule has 0 amide bonds. The van der Waals surface area contributed by atoms with E-state index in [1.807, 2.05) is 31.2 Å². The standard InChI is InChI=1S/C28H40N6O2/c1-4-36-24-14-15-25-20(17-24)16-21(28(35)29-25)18-33(22-10-8-9-11-22)26(19(2)3)27-30-31-32-34(27)23-12-6-5-7-13-23/h14-17,19,22-23,26H,4-13,18H2,1-3H3,(H,29,35). The number of nitrogens with one attached hydrogen (secondary N) is 1. The van der Waals surface area contributed by atoms with Crippen molar-refractivity contribution in [3.05, 3.63) is 46.0 Å². The van der Waals surface area contributed by atoms with Crippen LogP contribution in [0.2, 0.25) is 0 Å².